The molecule has 0 unspecified atom stereocenters. The molecule has 0 fully saturated rings. The summed E-state index contributed by atoms with van der Waals surface area (Å²) in [5.74, 6) is 0. The number of nitrogens with zero attached hydrogens (tertiary/aromatic N) is 2. The summed E-state index contributed by atoms with van der Waals surface area (Å²) >= 11 is 0. The molecule has 0 atom stereocenters. The average molecular weight is 461 g/mol. The fourth-order valence-electron chi connectivity index (χ4n) is 5.89. The minimum absolute atomic E-state index is 0.206. The van der Waals surface area contributed by atoms with Gasteiger partial charge in [-0.05, 0) is 39.8 Å². The Balaban J connectivity index is 1.92. The topological polar surface area (TPSA) is 6.48 Å². The van der Waals surface area contributed by atoms with Crippen molar-refractivity contribution in [3.05, 3.63) is 115 Å². The second kappa shape index (κ2) is 9.19. The third-order valence-electron chi connectivity index (χ3n) is 7.15. The molecule has 5 rings (SSSR count). The van der Waals surface area contributed by atoms with Crippen molar-refractivity contribution >= 4 is 41.5 Å². The van der Waals surface area contributed by atoms with Crippen LogP contribution in [-0.4, -0.2) is 26.6 Å². The van der Waals surface area contributed by atoms with Gasteiger partial charge in [0.05, 0.1) is 0 Å². The van der Waals surface area contributed by atoms with Gasteiger partial charge >= 0.3 is 6.57 Å². The van der Waals surface area contributed by atoms with E-state index in [0.717, 1.165) is 0 Å². The number of benzene rings is 4. The summed E-state index contributed by atoms with van der Waals surface area (Å²) in [7, 11) is -2.59. The zero-order valence-electron chi connectivity index (χ0n) is 20.6. The highest BCUT2D eigenvalue weighted by Crippen LogP contribution is 2.42. The Kier molecular flexibility index (Phi) is 6.09. The van der Waals surface area contributed by atoms with Gasteiger partial charge in [-0.2, -0.15) is 0 Å². The molecule has 170 valence electrons. The van der Waals surface area contributed by atoms with Crippen molar-refractivity contribution in [1.29, 1.82) is 0 Å². The van der Waals surface area contributed by atoms with Crippen molar-refractivity contribution in [2.75, 3.05) is 9.62 Å². The van der Waals surface area contributed by atoms with Crippen molar-refractivity contribution in [3.8, 4) is 0 Å². The summed E-state index contributed by atoms with van der Waals surface area (Å²) < 4.78 is 0. The molecule has 0 N–H and O–H groups in total. The van der Waals surface area contributed by atoms with E-state index in [4.69, 9.17) is 0 Å². The van der Waals surface area contributed by atoms with Crippen LogP contribution in [0.5, 0.6) is 0 Å². The average Bonchev–Trinajstić information content (AvgIpc) is 3.22. The molecule has 34 heavy (non-hydrogen) atoms. The summed E-state index contributed by atoms with van der Waals surface area (Å²) in [5.41, 5.74) is 2.69. The first-order valence-electron chi connectivity index (χ1n) is 12.4. The zero-order chi connectivity index (χ0) is 23.7. The quantitative estimate of drug-likeness (QED) is 0.299. The third kappa shape index (κ3) is 3.48. The van der Waals surface area contributed by atoms with Crippen LogP contribution < -0.4 is 25.2 Å². The maximum atomic E-state index is 2.70. The third-order valence-corrected chi connectivity index (χ3v) is 12.2. The van der Waals surface area contributed by atoms with Gasteiger partial charge in [0.15, 0.2) is 7.94 Å². The molecule has 4 aromatic rings. The van der Waals surface area contributed by atoms with Crippen molar-refractivity contribution in [2.24, 2.45) is 0 Å². The van der Waals surface area contributed by atoms with Gasteiger partial charge in [0.1, 0.15) is 0 Å². The van der Waals surface area contributed by atoms with Gasteiger partial charge in [-0.25, -0.2) is 0 Å². The number of hydrogen-bond donors (Lipinski definition) is 0. The van der Waals surface area contributed by atoms with Gasteiger partial charge in [-0.1, -0.05) is 119 Å². The van der Waals surface area contributed by atoms with Crippen LogP contribution >= 0.6 is 0 Å². The van der Waals surface area contributed by atoms with E-state index in [-0.39, 0.29) is 6.57 Å². The van der Waals surface area contributed by atoms with Gasteiger partial charge in [-0.15, -0.1) is 0 Å². The van der Waals surface area contributed by atoms with Gasteiger partial charge in [0, 0.05) is 23.5 Å². The minimum Gasteiger partial charge on any atom is -0.394 e. The molecule has 0 amide bonds. The monoisotopic (exact) mass is 460 g/mol. The molecule has 0 spiro atoms. The standard InChI is InChI=1S/C30H33BN2Si/c1-24(2)32-29-22-14-15-23-30(29)33(25(3)4)31(32)34(26-16-8-5-9-17-26,27-18-10-6-11-19-27)28-20-12-7-13-21-28/h5-25H,1-4H3. The molecule has 0 aliphatic carbocycles. The van der Waals surface area contributed by atoms with E-state index >= 15 is 0 Å². The first-order chi connectivity index (χ1) is 16.6. The summed E-state index contributed by atoms with van der Waals surface area (Å²) in [6.07, 6.45) is 0. The lowest BCUT2D eigenvalue weighted by Gasteiger charge is -2.46. The fourth-order valence-corrected chi connectivity index (χ4v) is 11.6. The molecule has 1 aliphatic rings. The number of hydrogen-bond acceptors (Lipinski definition) is 2. The molecular formula is C30H33BN2Si. The van der Waals surface area contributed by atoms with Crippen LogP contribution in [0, 0.1) is 0 Å². The van der Waals surface area contributed by atoms with Crippen LogP contribution in [0.4, 0.5) is 11.4 Å². The Bertz CT molecular complexity index is 1100. The largest absolute Gasteiger partial charge is 0.394 e. The lowest BCUT2D eigenvalue weighted by Crippen LogP contribution is -2.84. The van der Waals surface area contributed by atoms with E-state index in [0.29, 0.717) is 12.1 Å². The Morgan fingerprint density at radius 1 is 0.471 bits per heavy atom. The van der Waals surface area contributed by atoms with E-state index in [2.05, 4.69) is 153 Å². The lowest BCUT2D eigenvalue weighted by atomic mass is 9.99. The molecule has 0 saturated heterocycles. The van der Waals surface area contributed by atoms with Crippen molar-refractivity contribution < 1.29 is 0 Å². The number of fused-ring (bicyclic) bond motifs is 1. The van der Waals surface area contributed by atoms with Gasteiger partial charge in [0.2, 0.25) is 0 Å². The molecule has 0 radical (unpaired) electrons. The maximum Gasteiger partial charge on any atom is 0.373 e. The Labute approximate surface area is 205 Å². The van der Waals surface area contributed by atoms with Crippen LogP contribution in [0.2, 0.25) is 0 Å². The van der Waals surface area contributed by atoms with Gasteiger partial charge < -0.3 is 9.62 Å². The Morgan fingerprint density at radius 3 is 1.06 bits per heavy atom. The lowest BCUT2D eigenvalue weighted by molar-refractivity contribution is 0.803. The fraction of sp³-hybridized carbons (Fsp3) is 0.200. The molecule has 0 aromatic heterocycles. The second-order valence-corrected chi connectivity index (χ2v) is 13.6. The van der Waals surface area contributed by atoms with Crippen molar-refractivity contribution in [2.45, 2.75) is 39.8 Å². The Morgan fingerprint density at radius 2 is 0.765 bits per heavy atom. The first kappa shape index (κ1) is 22.5. The Hall–Kier alpha value is -3.24. The second-order valence-electron chi connectivity index (χ2n) is 9.77. The van der Waals surface area contributed by atoms with E-state index in [1.807, 2.05) is 0 Å². The van der Waals surface area contributed by atoms with Gasteiger partial charge in [0.25, 0.3) is 0 Å². The van der Waals surface area contributed by atoms with E-state index < -0.39 is 7.94 Å². The highest BCUT2D eigenvalue weighted by atomic mass is 28.3. The maximum absolute atomic E-state index is 2.70. The molecular weight excluding hydrogens is 427 g/mol. The molecule has 2 nitrogen and oxygen atoms in total. The SMILES string of the molecule is CC(C)N1B([Si](c2ccccc2)(c2ccccc2)c2ccccc2)N(C(C)C)c2ccccc21. The summed E-state index contributed by atoms with van der Waals surface area (Å²) in [6.45, 7) is 9.57. The van der Waals surface area contributed by atoms with Crippen LogP contribution in [-0.2, 0) is 0 Å². The van der Waals surface area contributed by atoms with Gasteiger partial charge in [-0.3, -0.25) is 0 Å². The first-order valence-corrected chi connectivity index (χ1v) is 14.5. The normalized spacial score (nSPS) is 13.6. The van der Waals surface area contributed by atoms with Crippen LogP contribution in [0.3, 0.4) is 0 Å². The van der Waals surface area contributed by atoms with E-state index in [1.54, 1.807) is 0 Å². The molecule has 4 heteroatoms. The summed E-state index contributed by atoms with van der Waals surface area (Å²) in [6, 6.07) is 43.6. The molecule has 0 saturated carbocycles. The highest BCUT2D eigenvalue weighted by Gasteiger charge is 2.60. The summed E-state index contributed by atoms with van der Waals surface area (Å²) in [5, 5.41) is 4.34. The number of para-hydroxylation sites is 2. The van der Waals surface area contributed by atoms with Crippen molar-refractivity contribution in [1.82, 2.24) is 0 Å². The molecule has 1 heterocycles. The predicted molar refractivity (Wildman–Crippen MR) is 151 cm³/mol. The number of anilines is 2. The van der Waals surface area contributed by atoms with E-state index in [1.165, 1.54) is 26.9 Å². The zero-order valence-corrected chi connectivity index (χ0v) is 21.6. The van der Waals surface area contributed by atoms with Crippen LogP contribution in [0.15, 0.2) is 115 Å². The van der Waals surface area contributed by atoms with Crippen molar-refractivity contribution in [3.63, 3.8) is 0 Å². The minimum atomic E-state index is -2.59. The van der Waals surface area contributed by atoms with Crippen LogP contribution in [0.25, 0.3) is 0 Å². The number of rotatable bonds is 6. The summed E-state index contributed by atoms with van der Waals surface area (Å²) in [4.78, 5) is 5.41. The molecule has 1 aliphatic heterocycles. The van der Waals surface area contributed by atoms with E-state index in [9.17, 15) is 0 Å². The molecule has 0 bridgehead atoms. The molecule has 4 aromatic carbocycles. The smallest absolute Gasteiger partial charge is 0.373 e. The predicted octanol–water partition coefficient (Wildman–Crippen LogP) is 4.87. The highest BCUT2D eigenvalue weighted by molar-refractivity contribution is 7.51. The van der Waals surface area contributed by atoms with Crippen LogP contribution in [0.1, 0.15) is 27.7 Å².